The van der Waals surface area contributed by atoms with Gasteiger partial charge in [0, 0.05) is 18.1 Å². The summed E-state index contributed by atoms with van der Waals surface area (Å²) in [5.41, 5.74) is 3.88. The minimum absolute atomic E-state index is 0.229. The number of aliphatic hydroxyl groups excluding tert-OH is 1. The van der Waals surface area contributed by atoms with Crippen LogP contribution in [0.4, 0.5) is 0 Å². The van der Waals surface area contributed by atoms with Gasteiger partial charge in [-0.1, -0.05) is 48.0 Å². The van der Waals surface area contributed by atoms with Crippen molar-refractivity contribution in [2.75, 3.05) is 13.2 Å². The summed E-state index contributed by atoms with van der Waals surface area (Å²) in [5.74, 6) is 1.70. The normalized spacial score (nSPS) is 18.1. The van der Waals surface area contributed by atoms with Crippen molar-refractivity contribution < 1.29 is 9.84 Å². The van der Waals surface area contributed by atoms with Gasteiger partial charge in [-0.2, -0.15) is 0 Å². The van der Waals surface area contributed by atoms with Crippen LogP contribution < -0.4 is 4.74 Å². The second-order valence-corrected chi connectivity index (χ2v) is 6.02. The summed E-state index contributed by atoms with van der Waals surface area (Å²) in [5, 5.41) is 9.72. The van der Waals surface area contributed by atoms with E-state index in [1.807, 2.05) is 12.1 Å². The van der Waals surface area contributed by atoms with Crippen LogP contribution in [0.15, 0.2) is 48.5 Å². The molecule has 1 aliphatic rings. The van der Waals surface area contributed by atoms with E-state index in [0.29, 0.717) is 5.92 Å². The molecule has 2 aromatic carbocycles. The summed E-state index contributed by atoms with van der Waals surface area (Å²) in [7, 11) is 0. The zero-order chi connectivity index (χ0) is 14.7. The number of para-hydroxylation sites is 1. The van der Waals surface area contributed by atoms with Crippen LogP contribution in [-0.2, 0) is 6.42 Å². The molecule has 2 heteroatoms. The topological polar surface area (TPSA) is 29.5 Å². The predicted molar refractivity (Wildman–Crippen MR) is 84.8 cm³/mol. The first-order valence-corrected chi connectivity index (χ1v) is 7.64. The number of fused-ring (bicyclic) bond motifs is 1. The summed E-state index contributed by atoms with van der Waals surface area (Å²) < 4.78 is 5.74. The van der Waals surface area contributed by atoms with Gasteiger partial charge >= 0.3 is 0 Å². The quantitative estimate of drug-likeness (QED) is 0.906. The molecule has 2 atom stereocenters. The first-order chi connectivity index (χ1) is 10.3. The maximum absolute atomic E-state index is 9.72. The maximum Gasteiger partial charge on any atom is 0.122 e. The molecule has 1 heterocycles. The van der Waals surface area contributed by atoms with Crippen LogP contribution in [0.1, 0.15) is 29.0 Å². The molecule has 0 amide bonds. The molecular weight excluding hydrogens is 260 g/mol. The predicted octanol–water partition coefficient (Wildman–Crippen LogP) is 3.71. The lowest BCUT2D eigenvalue weighted by molar-refractivity contribution is 0.203. The molecule has 1 N–H and O–H groups in total. The summed E-state index contributed by atoms with van der Waals surface area (Å²) in [6, 6.07) is 16.8. The van der Waals surface area contributed by atoms with Crippen molar-refractivity contribution in [3.05, 3.63) is 65.2 Å². The van der Waals surface area contributed by atoms with E-state index in [0.717, 1.165) is 25.2 Å². The molecule has 0 fully saturated rings. The van der Waals surface area contributed by atoms with Crippen molar-refractivity contribution in [1.82, 2.24) is 0 Å². The van der Waals surface area contributed by atoms with Gasteiger partial charge in [-0.05, 0) is 37.3 Å². The molecule has 110 valence electrons. The smallest absolute Gasteiger partial charge is 0.122 e. The molecule has 0 spiro atoms. The fourth-order valence-corrected chi connectivity index (χ4v) is 3.22. The lowest BCUT2D eigenvalue weighted by Gasteiger charge is -2.18. The molecule has 0 aliphatic carbocycles. The monoisotopic (exact) mass is 282 g/mol. The average Bonchev–Trinajstić information content (AvgIpc) is 2.90. The van der Waals surface area contributed by atoms with Crippen molar-refractivity contribution in [3.8, 4) is 5.75 Å². The van der Waals surface area contributed by atoms with Crippen LogP contribution in [0.25, 0.3) is 0 Å². The van der Waals surface area contributed by atoms with Gasteiger partial charge < -0.3 is 9.84 Å². The molecule has 0 saturated heterocycles. The largest absolute Gasteiger partial charge is 0.493 e. The Labute approximate surface area is 126 Å². The molecule has 0 radical (unpaired) electrons. The average molecular weight is 282 g/mol. The SMILES string of the molecule is Cc1cccc(CC(CO)CC2COc3ccccc32)c1. The first kappa shape index (κ1) is 14.2. The van der Waals surface area contributed by atoms with E-state index < -0.39 is 0 Å². The summed E-state index contributed by atoms with van der Waals surface area (Å²) in [6.45, 7) is 3.08. The maximum atomic E-state index is 9.72. The van der Waals surface area contributed by atoms with Crippen LogP contribution in [0.3, 0.4) is 0 Å². The fraction of sp³-hybridized carbons (Fsp3) is 0.368. The molecule has 21 heavy (non-hydrogen) atoms. The third kappa shape index (κ3) is 3.27. The van der Waals surface area contributed by atoms with E-state index in [1.165, 1.54) is 16.7 Å². The molecule has 0 aromatic heterocycles. The lowest BCUT2D eigenvalue weighted by atomic mass is 9.87. The molecule has 2 unspecified atom stereocenters. The van der Waals surface area contributed by atoms with E-state index in [9.17, 15) is 5.11 Å². The minimum Gasteiger partial charge on any atom is -0.493 e. The van der Waals surface area contributed by atoms with E-state index in [-0.39, 0.29) is 12.5 Å². The Hall–Kier alpha value is -1.80. The second-order valence-electron chi connectivity index (χ2n) is 6.02. The minimum atomic E-state index is 0.229. The third-order valence-electron chi connectivity index (χ3n) is 4.28. The van der Waals surface area contributed by atoms with E-state index in [2.05, 4.69) is 43.3 Å². The lowest BCUT2D eigenvalue weighted by Crippen LogP contribution is -2.15. The van der Waals surface area contributed by atoms with Crippen molar-refractivity contribution in [3.63, 3.8) is 0 Å². The van der Waals surface area contributed by atoms with Gasteiger partial charge in [0.2, 0.25) is 0 Å². The molecular formula is C19H22O2. The third-order valence-corrected chi connectivity index (χ3v) is 4.28. The van der Waals surface area contributed by atoms with Gasteiger partial charge in [-0.3, -0.25) is 0 Å². The fourth-order valence-electron chi connectivity index (χ4n) is 3.22. The highest BCUT2D eigenvalue weighted by Gasteiger charge is 2.26. The van der Waals surface area contributed by atoms with Gasteiger partial charge in [0.05, 0.1) is 6.61 Å². The molecule has 2 aromatic rings. The highest BCUT2D eigenvalue weighted by Crippen LogP contribution is 2.37. The first-order valence-electron chi connectivity index (χ1n) is 7.64. The molecule has 3 rings (SSSR count). The number of ether oxygens (including phenoxy) is 1. The zero-order valence-electron chi connectivity index (χ0n) is 12.5. The number of aliphatic hydroxyl groups is 1. The molecule has 2 nitrogen and oxygen atoms in total. The van der Waals surface area contributed by atoms with Crippen molar-refractivity contribution in [2.24, 2.45) is 5.92 Å². The Morgan fingerprint density at radius 1 is 1.19 bits per heavy atom. The number of hydrogen-bond donors (Lipinski definition) is 1. The molecule has 0 bridgehead atoms. The molecule has 0 saturated carbocycles. The number of hydrogen-bond acceptors (Lipinski definition) is 2. The van der Waals surface area contributed by atoms with E-state index in [1.54, 1.807) is 0 Å². The standard InChI is InChI=1S/C19H22O2/c1-14-5-4-6-15(9-14)10-16(12-20)11-17-13-21-19-8-3-2-7-18(17)19/h2-9,16-17,20H,10-13H2,1H3. The van der Waals surface area contributed by atoms with E-state index >= 15 is 0 Å². The number of rotatable bonds is 5. The Bertz CT molecular complexity index is 606. The Balaban J connectivity index is 1.68. The van der Waals surface area contributed by atoms with Crippen LogP contribution in [-0.4, -0.2) is 18.3 Å². The van der Waals surface area contributed by atoms with Gasteiger partial charge in [0.15, 0.2) is 0 Å². The van der Waals surface area contributed by atoms with Crippen LogP contribution >= 0.6 is 0 Å². The molecule has 1 aliphatic heterocycles. The summed E-state index contributed by atoms with van der Waals surface area (Å²) in [4.78, 5) is 0. The highest BCUT2D eigenvalue weighted by molar-refractivity contribution is 5.39. The van der Waals surface area contributed by atoms with Gasteiger partial charge in [-0.25, -0.2) is 0 Å². The summed E-state index contributed by atoms with van der Waals surface area (Å²) in [6.07, 6.45) is 1.90. The Morgan fingerprint density at radius 2 is 2.05 bits per heavy atom. The van der Waals surface area contributed by atoms with Crippen LogP contribution in [0.2, 0.25) is 0 Å². The van der Waals surface area contributed by atoms with Gasteiger partial charge in [0.25, 0.3) is 0 Å². The highest BCUT2D eigenvalue weighted by atomic mass is 16.5. The van der Waals surface area contributed by atoms with Gasteiger partial charge in [0.1, 0.15) is 5.75 Å². The van der Waals surface area contributed by atoms with E-state index in [4.69, 9.17) is 4.74 Å². The van der Waals surface area contributed by atoms with Crippen LogP contribution in [0, 0.1) is 12.8 Å². The van der Waals surface area contributed by atoms with Gasteiger partial charge in [-0.15, -0.1) is 0 Å². The summed E-state index contributed by atoms with van der Waals surface area (Å²) >= 11 is 0. The van der Waals surface area contributed by atoms with Crippen molar-refractivity contribution in [2.45, 2.75) is 25.7 Å². The number of aryl methyl sites for hydroxylation is 1. The second kappa shape index (κ2) is 6.31. The van der Waals surface area contributed by atoms with Crippen LogP contribution in [0.5, 0.6) is 5.75 Å². The van der Waals surface area contributed by atoms with Crippen molar-refractivity contribution >= 4 is 0 Å². The zero-order valence-corrected chi connectivity index (χ0v) is 12.5. The van der Waals surface area contributed by atoms with Crippen molar-refractivity contribution in [1.29, 1.82) is 0 Å². The Morgan fingerprint density at radius 3 is 2.86 bits per heavy atom. The Kier molecular flexibility index (Phi) is 4.26. The number of benzene rings is 2.